The van der Waals surface area contributed by atoms with Gasteiger partial charge in [-0.25, -0.2) is 8.42 Å². The number of likely N-dealkylation sites (tertiary alicyclic amines) is 1. The first-order valence-corrected chi connectivity index (χ1v) is 7.05. The Morgan fingerprint density at radius 1 is 1.46 bits per heavy atom. The van der Waals surface area contributed by atoms with Crippen molar-refractivity contribution in [1.82, 2.24) is 4.90 Å². The van der Waals surface area contributed by atoms with E-state index in [-0.39, 0.29) is 5.25 Å². The smallest absolute Gasteiger partial charge is 0.156 e. The second-order valence-electron chi connectivity index (χ2n) is 3.91. The van der Waals surface area contributed by atoms with Gasteiger partial charge < -0.3 is 0 Å². The number of hydrogen-bond donors (Lipinski definition) is 1. The van der Waals surface area contributed by atoms with E-state index in [9.17, 15) is 8.42 Å². The van der Waals surface area contributed by atoms with Gasteiger partial charge in [-0.15, -0.1) is 0 Å². The zero-order valence-corrected chi connectivity index (χ0v) is 9.23. The summed E-state index contributed by atoms with van der Waals surface area (Å²) >= 11 is 4.15. The van der Waals surface area contributed by atoms with Gasteiger partial charge in [0.2, 0.25) is 0 Å². The van der Waals surface area contributed by atoms with Crippen molar-refractivity contribution in [3.05, 3.63) is 0 Å². The molecule has 2 unspecified atom stereocenters. The second kappa shape index (κ2) is 3.44. The van der Waals surface area contributed by atoms with Crippen LogP contribution in [0.15, 0.2) is 0 Å². The van der Waals surface area contributed by atoms with Gasteiger partial charge in [0.1, 0.15) is 0 Å². The maximum Gasteiger partial charge on any atom is 0.156 e. The molecule has 0 saturated carbocycles. The van der Waals surface area contributed by atoms with Crippen LogP contribution >= 0.6 is 12.6 Å². The van der Waals surface area contributed by atoms with Gasteiger partial charge in [0, 0.05) is 12.6 Å². The minimum Gasteiger partial charge on any atom is -0.298 e. The molecule has 0 aromatic carbocycles. The molecule has 76 valence electrons. The summed E-state index contributed by atoms with van der Waals surface area (Å²) in [5, 5.41) is -0.0579. The number of rotatable bonds is 3. The van der Waals surface area contributed by atoms with Crippen molar-refractivity contribution >= 4 is 22.5 Å². The van der Waals surface area contributed by atoms with Gasteiger partial charge in [0.25, 0.3) is 0 Å². The van der Waals surface area contributed by atoms with Crippen LogP contribution in [0.25, 0.3) is 0 Å². The first kappa shape index (κ1) is 9.80. The van der Waals surface area contributed by atoms with Crippen LogP contribution in [0, 0.1) is 0 Å². The van der Waals surface area contributed by atoms with E-state index < -0.39 is 9.84 Å². The fraction of sp³-hybridized carbons (Fsp3) is 1.00. The molecule has 5 heteroatoms. The van der Waals surface area contributed by atoms with E-state index in [1.165, 1.54) is 0 Å². The Bertz CT molecular complexity index is 289. The highest BCUT2D eigenvalue weighted by molar-refractivity contribution is 7.92. The highest BCUT2D eigenvalue weighted by atomic mass is 32.2. The van der Waals surface area contributed by atoms with Crippen LogP contribution in [0.1, 0.15) is 12.8 Å². The minimum atomic E-state index is -2.71. The molecule has 3 nitrogen and oxygen atoms in total. The lowest BCUT2D eigenvalue weighted by Crippen LogP contribution is -2.40. The molecule has 0 aliphatic carbocycles. The highest BCUT2D eigenvalue weighted by Crippen LogP contribution is 2.32. The molecule has 2 saturated heterocycles. The van der Waals surface area contributed by atoms with Gasteiger partial charge >= 0.3 is 0 Å². The largest absolute Gasteiger partial charge is 0.298 e. The third-order valence-electron chi connectivity index (χ3n) is 3.03. The average molecular weight is 221 g/mol. The van der Waals surface area contributed by atoms with E-state index in [0.717, 1.165) is 31.7 Å². The number of sulfone groups is 1. The number of thiol groups is 1. The summed E-state index contributed by atoms with van der Waals surface area (Å²) in [5.74, 6) is 1.28. The molecule has 2 rings (SSSR count). The lowest BCUT2D eigenvalue weighted by atomic mass is 10.2. The molecule has 0 N–H and O–H groups in total. The Labute approximate surface area is 84.8 Å². The Morgan fingerprint density at radius 2 is 2.23 bits per heavy atom. The third-order valence-corrected chi connectivity index (χ3v) is 5.55. The standard InChI is InChI=1S/C8H15NO2S2/c10-13(11)6-7-4-8(13)5-9(7)2-1-3-12/h7-8,12H,1-6H2. The van der Waals surface area contributed by atoms with Crippen LogP contribution in [0.3, 0.4) is 0 Å². The predicted octanol–water partition coefficient (Wildman–Crippen LogP) is 0.178. The molecule has 2 aliphatic heterocycles. The average Bonchev–Trinajstić information content (AvgIpc) is 2.55. The summed E-state index contributed by atoms with van der Waals surface area (Å²) in [5.41, 5.74) is 0. The van der Waals surface area contributed by atoms with E-state index in [2.05, 4.69) is 17.5 Å². The maximum absolute atomic E-state index is 11.4. The van der Waals surface area contributed by atoms with E-state index in [1.54, 1.807) is 0 Å². The van der Waals surface area contributed by atoms with Gasteiger partial charge in [-0.3, -0.25) is 4.90 Å². The molecule has 2 bridgehead atoms. The Balaban J connectivity index is 1.96. The zero-order valence-electron chi connectivity index (χ0n) is 7.52. The SMILES string of the molecule is O=S1(=O)CC2CC1CN2CCCS. The van der Waals surface area contributed by atoms with E-state index in [1.807, 2.05) is 0 Å². The number of fused-ring (bicyclic) bond motifs is 2. The van der Waals surface area contributed by atoms with Gasteiger partial charge in [0.15, 0.2) is 9.84 Å². The quantitative estimate of drug-likeness (QED) is 0.691. The van der Waals surface area contributed by atoms with Crippen LogP contribution in [-0.4, -0.2) is 49.2 Å². The number of nitrogens with zero attached hydrogens (tertiary/aromatic N) is 1. The van der Waals surface area contributed by atoms with Crippen molar-refractivity contribution in [2.24, 2.45) is 0 Å². The van der Waals surface area contributed by atoms with E-state index >= 15 is 0 Å². The van der Waals surface area contributed by atoms with Crippen molar-refractivity contribution in [1.29, 1.82) is 0 Å². The summed E-state index contributed by atoms with van der Waals surface area (Å²) < 4.78 is 22.8. The molecule has 0 aromatic heterocycles. The van der Waals surface area contributed by atoms with Crippen molar-refractivity contribution in [2.45, 2.75) is 24.1 Å². The van der Waals surface area contributed by atoms with Gasteiger partial charge in [-0.05, 0) is 25.1 Å². The first-order valence-electron chi connectivity index (χ1n) is 4.70. The van der Waals surface area contributed by atoms with Crippen molar-refractivity contribution in [3.8, 4) is 0 Å². The van der Waals surface area contributed by atoms with Crippen LogP contribution in [-0.2, 0) is 9.84 Å². The molecule has 0 aromatic rings. The molecule has 13 heavy (non-hydrogen) atoms. The lowest BCUT2D eigenvalue weighted by molar-refractivity contribution is 0.267. The van der Waals surface area contributed by atoms with Crippen LogP contribution in [0.2, 0.25) is 0 Å². The van der Waals surface area contributed by atoms with Gasteiger partial charge in [-0.2, -0.15) is 12.6 Å². The summed E-state index contributed by atoms with van der Waals surface area (Å²) in [6, 6.07) is 0.315. The molecule has 2 aliphatic rings. The zero-order chi connectivity index (χ0) is 9.47. The van der Waals surface area contributed by atoms with Gasteiger partial charge in [0.05, 0.1) is 11.0 Å². The van der Waals surface area contributed by atoms with Crippen LogP contribution < -0.4 is 0 Å². The molecule has 2 heterocycles. The lowest BCUT2D eigenvalue weighted by Gasteiger charge is -2.26. The topological polar surface area (TPSA) is 37.4 Å². The summed E-state index contributed by atoms with van der Waals surface area (Å²) in [6.45, 7) is 1.78. The fourth-order valence-electron chi connectivity index (χ4n) is 2.32. The molecule has 2 atom stereocenters. The molecule has 0 spiro atoms. The summed E-state index contributed by atoms with van der Waals surface area (Å²) in [4.78, 5) is 2.31. The molecule has 0 radical (unpaired) electrons. The fourth-order valence-corrected chi connectivity index (χ4v) is 4.55. The van der Waals surface area contributed by atoms with E-state index in [4.69, 9.17) is 0 Å². The molecular weight excluding hydrogens is 206 g/mol. The first-order chi connectivity index (χ1) is 6.13. The molecule has 0 amide bonds. The minimum absolute atomic E-state index is 0.0579. The highest BCUT2D eigenvalue weighted by Gasteiger charge is 2.47. The monoisotopic (exact) mass is 221 g/mol. The van der Waals surface area contributed by atoms with Crippen molar-refractivity contribution < 1.29 is 8.42 Å². The normalized spacial score (nSPS) is 37.0. The van der Waals surface area contributed by atoms with Crippen LogP contribution in [0.4, 0.5) is 0 Å². The van der Waals surface area contributed by atoms with Crippen molar-refractivity contribution in [3.63, 3.8) is 0 Å². The summed E-state index contributed by atoms with van der Waals surface area (Å²) in [7, 11) is -2.71. The second-order valence-corrected chi connectivity index (χ2v) is 6.69. The predicted molar refractivity (Wildman–Crippen MR) is 56.0 cm³/mol. The number of hydrogen-bond acceptors (Lipinski definition) is 4. The van der Waals surface area contributed by atoms with Crippen LogP contribution in [0.5, 0.6) is 0 Å². The van der Waals surface area contributed by atoms with Gasteiger partial charge in [-0.1, -0.05) is 0 Å². The van der Waals surface area contributed by atoms with Crippen molar-refractivity contribution in [2.75, 3.05) is 24.6 Å². The summed E-state index contributed by atoms with van der Waals surface area (Å²) in [6.07, 6.45) is 1.93. The van der Waals surface area contributed by atoms with E-state index in [0.29, 0.717) is 11.8 Å². The Kier molecular flexibility index (Phi) is 2.59. The third kappa shape index (κ3) is 1.74. The maximum atomic E-state index is 11.4. The Morgan fingerprint density at radius 3 is 2.69 bits per heavy atom. The Hall–Kier alpha value is 0.260. The molecular formula is C8H15NO2S2. The molecule has 2 fully saturated rings.